The van der Waals surface area contributed by atoms with Crippen molar-refractivity contribution in [1.29, 1.82) is 0 Å². The van der Waals surface area contributed by atoms with E-state index < -0.39 is 5.91 Å². The second-order valence-corrected chi connectivity index (χ2v) is 5.23. The summed E-state index contributed by atoms with van der Waals surface area (Å²) in [6.07, 6.45) is 3.44. The van der Waals surface area contributed by atoms with Crippen molar-refractivity contribution in [2.75, 3.05) is 5.32 Å². The highest BCUT2D eigenvalue weighted by Crippen LogP contribution is 2.20. The molecule has 0 aliphatic carbocycles. The van der Waals surface area contributed by atoms with Gasteiger partial charge in [0.2, 0.25) is 5.91 Å². The lowest BCUT2D eigenvalue weighted by Crippen LogP contribution is -2.18. The highest BCUT2D eigenvalue weighted by molar-refractivity contribution is 9.10. The van der Waals surface area contributed by atoms with E-state index in [2.05, 4.69) is 45.4 Å². The van der Waals surface area contributed by atoms with Gasteiger partial charge in [-0.05, 0) is 24.6 Å². The van der Waals surface area contributed by atoms with Gasteiger partial charge in [0.05, 0.1) is 11.9 Å². The van der Waals surface area contributed by atoms with Crippen LogP contribution in [-0.4, -0.2) is 15.7 Å². The van der Waals surface area contributed by atoms with Crippen molar-refractivity contribution >= 4 is 27.5 Å². The fourth-order valence-corrected chi connectivity index (χ4v) is 2.03. The summed E-state index contributed by atoms with van der Waals surface area (Å²) in [5.41, 5.74) is 7.15. The zero-order chi connectivity index (χ0) is 13.8. The fourth-order valence-electron chi connectivity index (χ4n) is 1.77. The van der Waals surface area contributed by atoms with Gasteiger partial charge < -0.3 is 11.1 Å². The summed E-state index contributed by atoms with van der Waals surface area (Å²) in [6, 6.07) is 8.26. The number of hydrogen-bond acceptors (Lipinski definition) is 3. The Morgan fingerprint density at radius 1 is 1.47 bits per heavy atom. The number of halogens is 1. The summed E-state index contributed by atoms with van der Waals surface area (Å²) >= 11 is 3.41. The number of benzene rings is 1. The Kier molecular flexibility index (Phi) is 4.21. The van der Waals surface area contributed by atoms with Crippen molar-refractivity contribution in [3.8, 4) is 0 Å². The molecule has 1 aromatic carbocycles. The first-order valence-electron chi connectivity index (χ1n) is 5.87. The number of rotatable bonds is 5. The number of carbonyl (C=O) groups excluding carboxylic acids is 1. The molecule has 100 valence electrons. The molecule has 0 spiro atoms. The second kappa shape index (κ2) is 5.88. The molecule has 2 aromatic rings. The number of anilines is 1. The molecular formula is C13H15BrN4O. The highest BCUT2D eigenvalue weighted by atomic mass is 79.9. The van der Waals surface area contributed by atoms with Crippen molar-refractivity contribution in [3.05, 3.63) is 46.7 Å². The van der Waals surface area contributed by atoms with Crippen LogP contribution < -0.4 is 11.1 Å². The Bertz CT molecular complexity index is 564. The zero-order valence-electron chi connectivity index (χ0n) is 10.5. The molecule has 0 aliphatic rings. The number of carbonyl (C=O) groups is 1. The summed E-state index contributed by atoms with van der Waals surface area (Å²) in [6.45, 7) is 2.16. The SMILES string of the molecule is CC(Nc1cnn(CC(N)=O)c1)c1ccc(Br)cc1. The molecule has 6 heteroatoms. The maximum Gasteiger partial charge on any atom is 0.239 e. The summed E-state index contributed by atoms with van der Waals surface area (Å²) in [7, 11) is 0. The lowest BCUT2D eigenvalue weighted by Gasteiger charge is -2.14. The van der Waals surface area contributed by atoms with Crippen LogP contribution in [0.15, 0.2) is 41.1 Å². The number of nitrogens with two attached hydrogens (primary N) is 1. The van der Waals surface area contributed by atoms with Crippen LogP contribution in [0, 0.1) is 0 Å². The Hall–Kier alpha value is -1.82. The van der Waals surface area contributed by atoms with Crippen LogP contribution >= 0.6 is 15.9 Å². The van der Waals surface area contributed by atoms with E-state index >= 15 is 0 Å². The van der Waals surface area contributed by atoms with Gasteiger partial charge in [-0.25, -0.2) is 0 Å². The molecule has 0 aliphatic heterocycles. The molecule has 1 aromatic heterocycles. The van der Waals surface area contributed by atoms with Crippen molar-refractivity contribution in [3.63, 3.8) is 0 Å². The number of nitrogens with zero attached hydrogens (tertiary/aromatic N) is 2. The van der Waals surface area contributed by atoms with Gasteiger partial charge in [0, 0.05) is 16.7 Å². The highest BCUT2D eigenvalue weighted by Gasteiger charge is 2.07. The van der Waals surface area contributed by atoms with Crippen molar-refractivity contribution in [1.82, 2.24) is 9.78 Å². The molecule has 1 unspecified atom stereocenters. The molecule has 0 bridgehead atoms. The first kappa shape index (κ1) is 13.6. The third-order valence-electron chi connectivity index (χ3n) is 2.70. The predicted molar refractivity (Wildman–Crippen MR) is 77.6 cm³/mol. The molecule has 0 saturated carbocycles. The van der Waals surface area contributed by atoms with E-state index in [-0.39, 0.29) is 12.6 Å². The number of amides is 1. The summed E-state index contributed by atoms with van der Waals surface area (Å²) in [5.74, 6) is -0.407. The molecule has 0 saturated heterocycles. The van der Waals surface area contributed by atoms with Crippen LogP contribution in [0.2, 0.25) is 0 Å². The van der Waals surface area contributed by atoms with Gasteiger partial charge in [-0.15, -0.1) is 0 Å². The van der Waals surface area contributed by atoms with Crippen molar-refractivity contribution < 1.29 is 4.79 Å². The summed E-state index contributed by atoms with van der Waals surface area (Å²) in [4.78, 5) is 10.8. The zero-order valence-corrected chi connectivity index (χ0v) is 12.1. The monoisotopic (exact) mass is 322 g/mol. The third-order valence-corrected chi connectivity index (χ3v) is 3.23. The van der Waals surface area contributed by atoms with Gasteiger partial charge in [0.1, 0.15) is 6.54 Å². The normalized spacial score (nSPS) is 12.1. The predicted octanol–water partition coefficient (Wildman–Crippen LogP) is 2.30. The van der Waals surface area contributed by atoms with Crippen LogP contribution in [0.5, 0.6) is 0 Å². The van der Waals surface area contributed by atoms with E-state index in [1.54, 1.807) is 12.4 Å². The summed E-state index contributed by atoms with van der Waals surface area (Å²) in [5, 5.41) is 7.38. The minimum atomic E-state index is -0.407. The lowest BCUT2D eigenvalue weighted by atomic mass is 10.1. The van der Waals surface area contributed by atoms with E-state index in [1.807, 2.05) is 12.1 Å². The van der Waals surface area contributed by atoms with Crippen LogP contribution in [0.25, 0.3) is 0 Å². The van der Waals surface area contributed by atoms with Crippen LogP contribution in [-0.2, 0) is 11.3 Å². The van der Waals surface area contributed by atoms with Crippen LogP contribution in [0.1, 0.15) is 18.5 Å². The smallest absolute Gasteiger partial charge is 0.239 e. The topological polar surface area (TPSA) is 72.9 Å². The van der Waals surface area contributed by atoms with Gasteiger partial charge in [-0.3, -0.25) is 9.48 Å². The molecule has 19 heavy (non-hydrogen) atoms. The Morgan fingerprint density at radius 2 is 2.16 bits per heavy atom. The average Bonchev–Trinajstić information content (AvgIpc) is 2.76. The van der Waals surface area contributed by atoms with Crippen LogP contribution in [0.3, 0.4) is 0 Å². The summed E-state index contributed by atoms with van der Waals surface area (Å²) < 4.78 is 2.57. The van der Waals surface area contributed by atoms with Gasteiger partial charge in [0.15, 0.2) is 0 Å². The largest absolute Gasteiger partial charge is 0.376 e. The molecule has 0 radical (unpaired) electrons. The number of nitrogens with one attached hydrogen (secondary N) is 1. The maximum absolute atomic E-state index is 10.8. The standard InChI is InChI=1S/C13H15BrN4O/c1-9(10-2-4-11(14)5-3-10)17-12-6-16-18(7-12)8-13(15)19/h2-7,9,17H,8H2,1H3,(H2,15,19). The van der Waals surface area contributed by atoms with E-state index in [4.69, 9.17) is 5.73 Å². The Morgan fingerprint density at radius 3 is 2.79 bits per heavy atom. The van der Waals surface area contributed by atoms with Gasteiger partial charge in [-0.1, -0.05) is 28.1 Å². The first-order valence-corrected chi connectivity index (χ1v) is 6.66. The Labute approximate surface area is 119 Å². The van der Waals surface area contributed by atoms with Crippen molar-refractivity contribution in [2.45, 2.75) is 19.5 Å². The van der Waals surface area contributed by atoms with E-state index in [0.29, 0.717) is 0 Å². The average molecular weight is 323 g/mol. The molecule has 5 nitrogen and oxygen atoms in total. The fraction of sp³-hybridized carbons (Fsp3) is 0.231. The van der Waals surface area contributed by atoms with Gasteiger partial charge in [0.25, 0.3) is 0 Å². The number of primary amides is 1. The molecule has 2 rings (SSSR count). The first-order chi connectivity index (χ1) is 9.04. The maximum atomic E-state index is 10.8. The lowest BCUT2D eigenvalue weighted by molar-refractivity contribution is -0.118. The van der Waals surface area contributed by atoms with Gasteiger partial charge in [-0.2, -0.15) is 5.10 Å². The number of hydrogen-bond donors (Lipinski definition) is 2. The molecule has 1 atom stereocenters. The molecule has 1 amide bonds. The van der Waals surface area contributed by atoms with E-state index in [0.717, 1.165) is 10.2 Å². The minimum absolute atomic E-state index is 0.0916. The quantitative estimate of drug-likeness (QED) is 0.887. The van der Waals surface area contributed by atoms with E-state index in [9.17, 15) is 4.79 Å². The molecular weight excluding hydrogens is 308 g/mol. The molecule has 1 heterocycles. The Balaban J connectivity index is 2.02. The third kappa shape index (κ3) is 3.82. The van der Waals surface area contributed by atoms with E-state index in [1.165, 1.54) is 10.2 Å². The molecule has 0 fully saturated rings. The molecule has 3 N–H and O–H groups in total. The number of aromatic nitrogens is 2. The van der Waals surface area contributed by atoms with Crippen molar-refractivity contribution in [2.24, 2.45) is 5.73 Å². The second-order valence-electron chi connectivity index (χ2n) is 4.31. The minimum Gasteiger partial charge on any atom is -0.376 e. The van der Waals surface area contributed by atoms with Crippen LogP contribution in [0.4, 0.5) is 5.69 Å². The van der Waals surface area contributed by atoms with Gasteiger partial charge >= 0.3 is 0 Å².